The molecule has 2 atom stereocenters. The van der Waals surface area contributed by atoms with E-state index in [2.05, 4.69) is 26.1 Å². The number of benzene rings is 1. The van der Waals surface area contributed by atoms with Gasteiger partial charge in [0.15, 0.2) is 0 Å². The van der Waals surface area contributed by atoms with Gasteiger partial charge in [0, 0.05) is 12.1 Å². The van der Waals surface area contributed by atoms with Crippen molar-refractivity contribution in [3.63, 3.8) is 0 Å². The van der Waals surface area contributed by atoms with Crippen LogP contribution in [0.15, 0.2) is 36.4 Å². The van der Waals surface area contributed by atoms with Gasteiger partial charge in [0.25, 0.3) is 0 Å². The molecular weight excluding hydrogens is 429 g/mol. The molecule has 1 aromatic rings. The summed E-state index contributed by atoms with van der Waals surface area (Å²) in [5, 5.41) is 9.92. The molecule has 0 aliphatic carbocycles. The summed E-state index contributed by atoms with van der Waals surface area (Å²) < 4.78 is 36.8. The third-order valence-corrected chi connectivity index (χ3v) is 3.97. The van der Waals surface area contributed by atoms with Gasteiger partial charge in [0.2, 0.25) is 5.91 Å². The van der Waals surface area contributed by atoms with Crippen molar-refractivity contribution >= 4 is 23.3 Å². The van der Waals surface area contributed by atoms with Gasteiger partial charge in [-0.25, -0.2) is 4.79 Å². The highest BCUT2D eigenvalue weighted by Crippen LogP contribution is 2.27. The van der Waals surface area contributed by atoms with Gasteiger partial charge in [-0.2, -0.15) is 13.2 Å². The number of carboxylic acid groups (broad SMARTS) is 1. The lowest BCUT2D eigenvalue weighted by Crippen LogP contribution is -2.29. The summed E-state index contributed by atoms with van der Waals surface area (Å²) in [6.45, 7) is 8.03. The fourth-order valence-corrected chi connectivity index (χ4v) is 2.52. The number of rotatable bonds is 8. The number of Topliss-reactive ketones (excluding diaryl/α,β-unsaturated/α-hetero) is 1. The van der Waals surface area contributed by atoms with Crippen molar-refractivity contribution in [2.24, 2.45) is 17.1 Å². The first kappa shape index (κ1) is 29.1. The Morgan fingerprint density at radius 2 is 1.66 bits per heavy atom. The Balaban J connectivity index is 0.00000118. The van der Waals surface area contributed by atoms with Gasteiger partial charge in [-0.1, -0.05) is 26.8 Å². The van der Waals surface area contributed by atoms with Crippen molar-refractivity contribution in [1.82, 2.24) is 0 Å². The lowest BCUT2D eigenvalue weighted by Gasteiger charge is -2.24. The monoisotopic (exact) mass is 460 g/mol. The largest absolute Gasteiger partial charge is 0.497 e. The maximum atomic E-state index is 12.1. The second-order valence-corrected chi connectivity index (χ2v) is 8.36. The number of hydrogen-bond acceptors (Lipinski definition) is 5. The number of aliphatic carboxylic acids is 1. The summed E-state index contributed by atoms with van der Waals surface area (Å²) in [4.78, 5) is 33.0. The van der Waals surface area contributed by atoms with Gasteiger partial charge in [-0.05, 0) is 55.0 Å². The predicted octanol–water partition coefficient (Wildman–Crippen LogP) is 4.18. The Kier molecular flexibility index (Phi) is 11.7. The average molecular weight is 460 g/mol. The summed E-state index contributed by atoms with van der Waals surface area (Å²) in [5.74, 6) is -2.26. The maximum absolute atomic E-state index is 12.1. The van der Waals surface area contributed by atoms with E-state index in [4.69, 9.17) is 20.4 Å². The number of halogens is 3. The molecule has 180 valence electrons. The van der Waals surface area contributed by atoms with Crippen LogP contribution in [0.25, 0.3) is 0 Å². The summed E-state index contributed by atoms with van der Waals surface area (Å²) in [6, 6.07) is 6.63. The van der Waals surface area contributed by atoms with Crippen LogP contribution in [0.4, 0.5) is 18.9 Å². The van der Waals surface area contributed by atoms with Crippen molar-refractivity contribution in [1.29, 1.82) is 0 Å². The predicted molar refractivity (Wildman–Crippen MR) is 115 cm³/mol. The first-order valence-corrected chi connectivity index (χ1v) is 9.76. The van der Waals surface area contributed by atoms with Gasteiger partial charge in [-0.15, -0.1) is 0 Å². The number of carboxylic acids is 1. The third-order valence-electron chi connectivity index (χ3n) is 3.97. The van der Waals surface area contributed by atoms with E-state index < -0.39 is 18.2 Å². The molecule has 10 heteroatoms. The van der Waals surface area contributed by atoms with Crippen LogP contribution >= 0.6 is 0 Å². The molecule has 0 saturated carbocycles. The number of amides is 1. The van der Waals surface area contributed by atoms with Gasteiger partial charge in [0.1, 0.15) is 11.5 Å². The highest BCUT2D eigenvalue weighted by atomic mass is 19.4. The van der Waals surface area contributed by atoms with Crippen LogP contribution in [0.2, 0.25) is 0 Å². The minimum Gasteiger partial charge on any atom is -0.497 e. The second-order valence-electron chi connectivity index (χ2n) is 8.36. The van der Waals surface area contributed by atoms with Crippen LogP contribution in [0, 0.1) is 11.3 Å². The first-order valence-electron chi connectivity index (χ1n) is 9.76. The standard InChI is InChI=1S/C20H30N2O3.C2HF3O2/c1-14(21)18(23)12-15(13-20(2,3)4)6-11-19(24)22-16-7-9-17(25-5)10-8-16;3-2(4,5)1(6)7/h6-11,14-15H,12-13,21H2,1-5H3,(H,22,24);(H,6,7)/b11-6+;/t14-,15-;/m0./s1. The van der Waals surface area contributed by atoms with Crippen molar-refractivity contribution in [3.8, 4) is 5.75 Å². The number of carbonyl (C=O) groups excluding carboxylic acids is 2. The molecule has 0 aliphatic heterocycles. The summed E-state index contributed by atoms with van der Waals surface area (Å²) >= 11 is 0. The van der Waals surface area contributed by atoms with Crippen LogP contribution in [-0.4, -0.2) is 42.1 Å². The number of alkyl halides is 3. The minimum atomic E-state index is -5.08. The SMILES string of the molecule is COc1ccc(NC(=O)/C=C/[C@@H](CC(=O)[C@H](C)N)CC(C)(C)C)cc1.O=C(O)C(F)(F)F. The zero-order valence-electron chi connectivity index (χ0n) is 18.8. The van der Waals surface area contributed by atoms with Gasteiger partial charge >= 0.3 is 12.1 Å². The molecule has 0 radical (unpaired) electrons. The molecule has 0 aliphatic rings. The van der Waals surface area contributed by atoms with E-state index in [0.29, 0.717) is 12.1 Å². The van der Waals surface area contributed by atoms with Crippen LogP contribution in [0.1, 0.15) is 40.5 Å². The number of nitrogens with two attached hydrogens (primary N) is 1. The van der Waals surface area contributed by atoms with Crippen LogP contribution in [-0.2, 0) is 14.4 Å². The number of allylic oxidation sites excluding steroid dienone is 1. The normalized spacial score (nSPS) is 13.5. The number of methoxy groups -OCH3 is 1. The van der Waals surface area contributed by atoms with E-state index in [1.807, 2.05) is 6.08 Å². The van der Waals surface area contributed by atoms with E-state index in [0.717, 1.165) is 12.2 Å². The Labute approximate surface area is 185 Å². The molecule has 0 bridgehead atoms. The molecule has 0 unspecified atom stereocenters. The van der Waals surface area contributed by atoms with Gasteiger partial charge < -0.3 is 20.9 Å². The van der Waals surface area contributed by atoms with Crippen molar-refractivity contribution < 1.29 is 37.4 Å². The number of hydrogen-bond donors (Lipinski definition) is 3. The molecule has 0 aromatic heterocycles. The summed E-state index contributed by atoms with van der Waals surface area (Å²) in [5.41, 5.74) is 6.41. The highest BCUT2D eigenvalue weighted by Gasteiger charge is 2.38. The second kappa shape index (κ2) is 12.8. The molecule has 0 spiro atoms. The van der Waals surface area contributed by atoms with Crippen LogP contribution < -0.4 is 15.8 Å². The van der Waals surface area contributed by atoms with E-state index in [1.54, 1.807) is 38.3 Å². The number of nitrogens with one attached hydrogen (secondary N) is 1. The smallest absolute Gasteiger partial charge is 0.490 e. The first-order chi connectivity index (χ1) is 14.5. The lowest BCUT2D eigenvalue weighted by molar-refractivity contribution is -0.192. The molecule has 0 saturated heterocycles. The van der Waals surface area contributed by atoms with E-state index in [-0.39, 0.29) is 23.0 Å². The number of carbonyl (C=O) groups is 3. The molecule has 1 aromatic carbocycles. The number of ketones is 1. The molecule has 0 heterocycles. The Bertz CT molecular complexity index is 782. The van der Waals surface area contributed by atoms with Gasteiger partial charge in [0.05, 0.1) is 13.2 Å². The molecular formula is C22H31F3N2O5. The van der Waals surface area contributed by atoms with Crippen molar-refractivity contribution in [3.05, 3.63) is 36.4 Å². The fraction of sp³-hybridized carbons (Fsp3) is 0.500. The topological polar surface area (TPSA) is 119 Å². The molecule has 7 nitrogen and oxygen atoms in total. The van der Waals surface area contributed by atoms with Crippen molar-refractivity contribution in [2.45, 2.75) is 52.8 Å². The number of anilines is 1. The van der Waals surface area contributed by atoms with Crippen molar-refractivity contribution in [2.75, 3.05) is 12.4 Å². The Morgan fingerprint density at radius 3 is 2.03 bits per heavy atom. The summed E-state index contributed by atoms with van der Waals surface area (Å²) in [7, 11) is 1.59. The molecule has 1 rings (SSSR count). The highest BCUT2D eigenvalue weighted by molar-refractivity contribution is 5.99. The van der Waals surface area contributed by atoms with Crippen LogP contribution in [0.5, 0.6) is 5.75 Å². The average Bonchev–Trinajstić information content (AvgIpc) is 2.65. The molecule has 32 heavy (non-hydrogen) atoms. The minimum absolute atomic E-state index is 0.00876. The zero-order chi connectivity index (χ0) is 25.1. The fourth-order valence-electron chi connectivity index (χ4n) is 2.52. The van der Waals surface area contributed by atoms with Gasteiger partial charge in [-0.3, -0.25) is 9.59 Å². The van der Waals surface area contributed by atoms with E-state index >= 15 is 0 Å². The Morgan fingerprint density at radius 1 is 1.16 bits per heavy atom. The molecule has 4 N–H and O–H groups in total. The summed E-state index contributed by atoms with van der Waals surface area (Å²) in [6.07, 6.45) is -0.626. The number of ether oxygens (including phenoxy) is 1. The molecule has 0 fully saturated rings. The van der Waals surface area contributed by atoms with E-state index in [9.17, 15) is 22.8 Å². The third kappa shape index (κ3) is 13.4. The van der Waals surface area contributed by atoms with Crippen LogP contribution in [0.3, 0.4) is 0 Å². The lowest BCUT2D eigenvalue weighted by atomic mass is 9.82. The Hall–Kier alpha value is -2.88. The maximum Gasteiger partial charge on any atom is 0.490 e. The zero-order valence-corrected chi connectivity index (χ0v) is 18.8. The molecule has 1 amide bonds. The van der Waals surface area contributed by atoms with E-state index in [1.165, 1.54) is 6.08 Å². The quantitative estimate of drug-likeness (QED) is 0.501.